The Morgan fingerprint density at radius 1 is 1.07 bits per heavy atom. The van der Waals surface area contributed by atoms with Gasteiger partial charge in [-0.05, 0) is 42.5 Å². The van der Waals surface area contributed by atoms with E-state index in [1.54, 1.807) is 18.2 Å². The Morgan fingerprint density at radius 2 is 1.81 bits per heavy atom. The summed E-state index contributed by atoms with van der Waals surface area (Å²) in [5, 5.41) is 22.9. The molecule has 134 valence electrons. The van der Waals surface area contributed by atoms with Gasteiger partial charge in [0.2, 0.25) is 0 Å². The number of carbonyl (C=O) groups is 1. The zero-order valence-electron chi connectivity index (χ0n) is 15.1. The van der Waals surface area contributed by atoms with Gasteiger partial charge in [0.1, 0.15) is 5.75 Å². The molecule has 2 aliphatic rings. The van der Waals surface area contributed by atoms with Crippen molar-refractivity contribution in [2.75, 3.05) is 0 Å². The van der Waals surface area contributed by atoms with Crippen molar-refractivity contribution in [3.63, 3.8) is 0 Å². The van der Waals surface area contributed by atoms with E-state index in [-0.39, 0.29) is 17.5 Å². The van der Waals surface area contributed by atoms with Crippen molar-refractivity contribution < 1.29 is 9.90 Å². The number of nitrogens with zero attached hydrogens (tertiary/aromatic N) is 1. The van der Waals surface area contributed by atoms with Crippen molar-refractivity contribution in [1.29, 1.82) is 5.26 Å². The average molecular weight is 356 g/mol. The second kappa shape index (κ2) is 6.77. The van der Waals surface area contributed by atoms with Gasteiger partial charge in [0, 0.05) is 23.4 Å². The van der Waals surface area contributed by atoms with Crippen LogP contribution in [0.5, 0.6) is 5.75 Å². The average Bonchev–Trinajstić information content (AvgIpc) is 2.67. The first-order valence-electron chi connectivity index (χ1n) is 9.06. The number of Topliss-reactive ketones (excluding diaryl/α,β-unsaturated/α-hetero) is 1. The van der Waals surface area contributed by atoms with Crippen molar-refractivity contribution in [1.82, 2.24) is 5.32 Å². The molecular weight excluding hydrogens is 336 g/mol. The van der Waals surface area contributed by atoms with Gasteiger partial charge in [-0.15, -0.1) is 0 Å². The molecule has 4 nitrogen and oxygen atoms in total. The van der Waals surface area contributed by atoms with Crippen molar-refractivity contribution in [3.05, 3.63) is 88.3 Å². The van der Waals surface area contributed by atoms with Crippen LogP contribution in [0.2, 0.25) is 0 Å². The van der Waals surface area contributed by atoms with Crippen LogP contribution in [-0.2, 0) is 4.79 Å². The van der Waals surface area contributed by atoms with Crippen molar-refractivity contribution >= 4 is 5.78 Å². The van der Waals surface area contributed by atoms with Crippen LogP contribution >= 0.6 is 0 Å². The Kier molecular flexibility index (Phi) is 4.29. The minimum Gasteiger partial charge on any atom is -0.508 e. The zero-order chi connectivity index (χ0) is 19.0. The number of dihydropyridines is 1. The lowest BCUT2D eigenvalue weighted by Gasteiger charge is -2.35. The Hall–Kier alpha value is -3.32. The molecular formula is C23H20N2O2. The fourth-order valence-corrected chi connectivity index (χ4v) is 4.19. The molecule has 1 aliphatic carbocycles. The summed E-state index contributed by atoms with van der Waals surface area (Å²) in [6.07, 6.45) is 1.16. The number of hydrogen-bond acceptors (Lipinski definition) is 4. The maximum Gasteiger partial charge on any atom is 0.162 e. The first-order chi connectivity index (χ1) is 13.1. The van der Waals surface area contributed by atoms with Crippen LogP contribution in [0.15, 0.2) is 77.1 Å². The molecule has 2 atom stereocenters. The molecule has 2 aromatic carbocycles. The van der Waals surface area contributed by atoms with Crippen LogP contribution in [0, 0.1) is 11.3 Å². The highest BCUT2D eigenvalue weighted by Gasteiger charge is 2.38. The maximum absolute atomic E-state index is 13.2. The van der Waals surface area contributed by atoms with Crippen LogP contribution in [0.25, 0.3) is 0 Å². The van der Waals surface area contributed by atoms with E-state index in [2.05, 4.69) is 23.5 Å². The number of phenols is 1. The molecule has 4 heteroatoms. The predicted octanol–water partition coefficient (Wildman–Crippen LogP) is 4.28. The Morgan fingerprint density at radius 3 is 2.52 bits per heavy atom. The summed E-state index contributed by atoms with van der Waals surface area (Å²) in [7, 11) is 0. The SMILES string of the molecule is CC1=C(C#N)[C@@H](c2cccc(O)c2)C2=C(C[C@@H](c3ccccc3)CC2=O)N1. The standard InChI is InChI=1S/C23H20N2O2/c1-14-19(13-24)22(16-8-5-9-18(26)10-16)23-20(25-14)11-17(12-21(23)27)15-6-3-2-4-7-15/h2-10,17,22,25-26H,11-12H2,1H3/t17-,22-/m1/s1. The number of aromatic hydroxyl groups is 1. The lowest BCUT2D eigenvalue weighted by Crippen LogP contribution is -2.33. The third kappa shape index (κ3) is 3.02. The Labute approximate surface area is 158 Å². The van der Waals surface area contributed by atoms with Crippen LogP contribution in [0.4, 0.5) is 0 Å². The highest BCUT2D eigenvalue weighted by Crippen LogP contribution is 2.45. The lowest BCUT2D eigenvalue weighted by atomic mass is 9.72. The summed E-state index contributed by atoms with van der Waals surface area (Å²) in [4.78, 5) is 13.2. The molecule has 4 rings (SSSR count). The van der Waals surface area contributed by atoms with Gasteiger partial charge in [0.15, 0.2) is 5.78 Å². The summed E-state index contributed by atoms with van der Waals surface area (Å²) in [6.45, 7) is 1.87. The minimum absolute atomic E-state index is 0.0613. The first kappa shape index (κ1) is 17.1. The van der Waals surface area contributed by atoms with E-state index in [0.29, 0.717) is 17.6 Å². The summed E-state index contributed by atoms with van der Waals surface area (Å²) < 4.78 is 0. The molecule has 0 saturated carbocycles. The second-order valence-electron chi connectivity index (χ2n) is 7.13. The fraction of sp³-hybridized carbons (Fsp3) is 0.217. The molecule has 0 unspecified atom stereocenters. The number of rotatable bonds is 2. The van der Waals surface area contributed by atoms with Crippen LogP contribution < -0.4 is 5.32 Å². The molecule has 0 bridgehead atoms. The van der Waals surface area contributed by atoms with Crippen molar-refractivity contribution in [2.24, 2.45) is 0 Å². The number of nitriles is 1. The van der Waals surface area contributed by atoms with Crippen LogP contribution in [0.3, 0.4) is 0 Å². The highest BCUT2D eigenvalue weighted by molar-refractivity contribution is 6.00. The van der Waals surface area contributed by atoms with E-state index in [4.69, 9.17) is 0 Å². The monoisotopic (exact) mass is 356 g/mol. The Bertz CT molecular complexity index is 1010. The van der Waals surface area contributed by atoms with E-state index in [1.165, 1.54) is 0 Å². The number of benzene rings is 2. The van der Waals surface area contributed by atoms with Gasteiger partial charge < -0.3 is 10.4 Å². The number of hydrogen-bond donors (Lipinski definition) is 2. The smallest absolute Gasteiger partial charge is 0.162 e. The van der Waals surface area contributed by atoms with E-state index in [0.717, 1.165) is 28.9 Å². The number of carbonyl (C=O) groups excluding carboxylic acids is 1. The van der Waals surface area contributed by atoms with E-state index in [1.807, 2.05) is 31.2 Å². The van der Waals surface area contributed by atoms with Crippen LogP contribution in [-0.4, -0.2) is 10.9 Å². The molecule has 2 N–H and O–H groups in total. The summed E-state index contributed by atoms with van der Waals surface area (Å²) in [6, 6.07) is 19.2. The van der Waals surface area contributed by atoms with E-state index < -0.39 is 5.92 Å². The topological polar surface area (TPSA) is 73.1 Å². The molecule has 2 aromatic rings. The van der Waals surface area contributed by atoms with Gasteiger partial charge in [-0.25, -0.2) is 0 Å². The molecule has 0 saturated heterocycles. The molecule has 1 heterocycles. The predicted molar refractivity (Wildman–Crippen MR) is 103 cm³/mol. The lowest BCUT2D eigenvalue weighted by molar-refractivity contribution is -0.116. The van der Waals surface area contributed by atoms with Gasteiger partial charge in [-0.2, -0.15) is 5.26 Å². The van der Waals surface area contributed by atoms with Gasteiger partial charge in [0.25, 0.3) is 0 Å². The molecule has 0 aromatic heterocycles. The van der Waals surface area contributed by atoms with E-state index >= 15 is 0 Å². The molecule has 0 spiro atoms. The van der Waals surface area contributed by atoms with E-state index in [9.17, 15) is 15.2 Å². The third-order valence-corrected chi connectivity index (χ3v) is 5.42. The number of nitrogens with one attached hydrogen (secondary N) is 1. The summed E-state index contributed by atoms with van der Waals surface area (Å²) in [5.41, 5.74) is 4.78. The largest absolute Gasteiger partial charge is 0.508 e. The van der Waals surface area contributed by atoms with Crippen molar-refractivity contribution in [2.45, 2.75) is 31.6 Å². The summed E-state index contributed by atoms with van der Waals surface area (Å²) >= 11 is 0. The maximum atomic E-state index is 13.2. The van der Waals surface area contributed by atoms with Gasteiger partial charge in [0.05, 0.1) is 17.6 Å². The summed E-state index contributed by atoms with van der Waals surface area (Å²) in [5.74, 6) is -0.103. The Balaban J connectivity index is 1.80. The highest BCUT2D eigenvalue weighted by atomic mass is 16.3. The number of allylic oxidation sites excluding steroid dienone is 4. The fourth-order valence-electron chi connectivity index (χ4n) is 4.19. The molecule has 0 radical (unpaired) electrons. The van der Waals surface area contributed by atoms with Gasteiger partial charge in [-0.1, -0.05) is 42.5 Å². The molecule has 27 heavy (non-hydrogen) atoms. The third-order valence-electron chi connectivity index (χ3n) is 5.42. The van der Waals surface area contributed by atoms with Crippen LogP contribution in [0.1, 0.15) is 42.7 Å². The first-order valence-corrected chi connectivity index (χ1v) is 9.06. The number of phenolic OH excluding ortho intramolecular Hbond substituents is 1. The minimum atomic E-state index is -0.428. The molecule has 0 amide bonds. The van der Waals surface area contributed by atoms with Crippen molar-refractivity contribution in [3.8, 4) is 11.8 Å². The second-order valence-corrected chi connectivity index (χ2v) is 7.13. The van der Waals surface area contributed by atoms with Gasteiger partial charge in [-0.3, -0.25) is 4.79 Å². The molecule has 0 fully saturated rings. The quantitative estimate of drug-likeness (QED) is 0.842. The number of ketones is 1. The molecule has 1 aliphatic heterocycles. The van der Waals surface area contributed by atoms with Gasteiger partial charge >= 0.3 is 0 Å². The zero-order valence-corrected chi connectivity index (χ0v) is 15.1. The normalized spacial score (nSPS) is 22.1.